The van der Waals surface area contributed by atoms with E-state index < -0.39 is 10.9 Å². The number of hydrogen-bond donors (Lipinski definition) is 0. The highest BCUT2D eigenvalue weighted by Gasteiger charge is 2.46. The van der Waals surface area contributed by atoms with Crippen molar-refractivity contribution < 1.29 is 23.9 Å². The number of hydrogen-bond acceptors (Lipinski definition) is 6. The number of carbonyl (C=O) groups is 1. The van der Waals surface area contributed by atoms with Gasteiger partial charge in [-0.05, 0) is 30.9 Å². The van der Waals surface area contributed by atoms with E-state index in [0.717, 1.165) is 19.3 Å². The first-order chi connectivity index (χ1) is 10.6. The number of nitro benzene ring substituents is 1. The average Bonchev–Trinajstić information content (AvgIpc) is 3.08. The van der Waals surface area contributed by atoms with Gasteiger partial charge in [0.15, 0.2) is 6.29 Å². The van der Waals surface area contributed by atoms with Gasteiger partial charge in [0.05, 0.1) is 10.5 Å². The zero-order valence-electron chi connectivity index (χ0n) is 12.1. The molecule has 0 aromatic heterocycles. The second-order valence-electron chi connectivity index (χ2n) is 5.59. The van der Waals surface area contributed by atoms with Crippen molar-refractivity contribution >= 4 is 11.7 Å². The van der Waals surface area contributed by atoms with Crippen LogP contribution in [0.25, 0.3) is 0 Å². The molecule has 0 radical (unpaired) electrons. The van der Waals surface area contributed by atoms with Crippen molar-refractivity contribution in [2.45, 2.75) is 37.8 Å². The molecular weight excluding hydrogens is 290 g/mol. The molecule has 22 heavy (non-hydrogen) atoms. The molecule has 1 aromatic carbocycles. The fourth-order valence-corrected chi connectivity index (χ4v) is 3.14. The third kappa shape index (κ3) is 2.82. The normalized spacial score (nSPS) is 30.0. The SMILES string of the molecule is COC1CC2CCC(OC(=O)c3ccc([N+](=O)[O-])cc3)C2O1. The second kappa shape index (κ2) is 6.02. The monoisotopic (exact) mass is 307 g/mol. The van der Waals surface area contributed by atoms with Gasteiger partial charge in [-0.15, -0.1) is 0 Å². The van der Waals surface area contributed by atoms with E-state index in [2.05, 4.69) is 0 Å². The molecule has 1 saturated carbocycles. The molecule has 4 unspecified atom stereocenters. The summed E-state index contributed by atoms with van der Waals surface area (Å²) in [5, 5.41) is 10.6. The summed E-state index contributed by atoms with van der Waals surface area (Å²) < 4.78 is 16.5. The Balaban J connectivity index is 1.63. The lowest BCUT2D eigenvalue weighted by atomic mass is 10.0. The van der Waals surface area contributed by atoms with Gasteiger partial charge in [0.25, 0.3) is 5.69 Å². The minimum absolute atomic E-state index is 0.0560. The van der Waals surface area contributed by atoms with Crippen LogP contribution in [-0.4, -0.2) is 36.5 Å². The van der Waals surface area contributed by atoms with Crippen molar-refractivity contribution in [1.29, 1.82) is 0 Å². The van der Waals surface area contributed by atoms with Crippen LogP contribution in [0.15, 0.2) is 24.3 Å². The zero-order chi connectivity index (χ0) is 15.7. The molecule has 2 aliphatic rings. The molecule has 0 amide bonds. The smallest absolute Gasteiger partial charge is 0.338 e. The summed E-state index contributed by atoms with van der Waals surface area (Å²) in [6.45, 7) is 0. The van der Waals surface area contributed by atoms with Gasteiger partial charge < -0.3 is 14.2 Å². The largest absolute Gasteiger partial charge is 0.456 e. The summed E-state index contributed by atoms with van der Waals surface area (Å²) in [6.07, 6.45) is 1.91. The van der Waals surface area contributed by atoms with Crippen LogP contribution in [0.5, 0.6) is 0 Å². The van der Waals surface area contributed by atoms with Crippen molar-refractivity contribution in [3.8, 4) is 0 Å². The van der Waals surface area contributed by atoms with E-state index >= 15 is 0 Å². The third-order valence-corrected chi connectivity index (χ3v) is 4.29. The Morgan fingerprint density at radius 2 is 2.05 bits per heavy atom. The van der Waals surface area contributed by atoms with Gasteiger partial charge in [0, 0.05) is 25.7 Å². The van der Waals surface area contributed by atoms with Gasteiger partial charge in [-0.2, -0.15) is 0 Å². The third-order valence-electron chi connectivity index (χ3n) is 4.29. The second-order valence-corrected chi connectivity index (χ2v) is 5.59. The van der Waals surface area contributed by atoms with Gasteiger partial charge in [0.1, 0.15) is 12.2 Å². The molecule has 118 valence electrons. The van der Waals surface area contributed by atoms with Gasteiger partial charge in [0.2, 0.25) is 0 Å². The first-order valence-electron chi connectivity index (χ1n) is 7.22. The Bertz CT molecular complexity index is 572. The predicted molar refractivity (Wildman–Crippen MR) is 75.3 cm³/mol. The molecule has 1 heterocycles. The number of non-ortho nitro benzene ring substituents is 1. The van der Waals surface area contributed by atoms with Crippen LogP contribution >= 0.6 is 0 Å². The number of nitro groups is 1. The van der Waals surface area contributed by atoms with Crippen molar-refractivity contribution in [3.05, 3.63) is 39.9 Å². The fraction of sp³-hybridized carbons (Fsp3) is 0.533. The number of methoxy groups -OCH3 is 1. The van der Waals surface area contributed by atoms with Crippen LogP contribution in [0.3, 0.4) is 0 Å². The van der Waals surface area contributed by atoms with Crippen LogP contribution in [0.4, 0.5) is 5.69 Å². The van der Waals surface area contributed by atoms with Crippen LogP contribution in [-0.2, 0) is 14.2 Å². The van der Waals surface area contributed by atoms with Crippen LogP contribution in [0.1, 0.15) is 29.6 Å². The molecule has 2 fully saturated rings. The molecule has 1 aromatic rings. The Hall–Kier alpha value is -1.99. The molecule has 1 aliphatic heterocycles. The maximum atomic E-state index is 12.1. The van der Waals surface area contributed by atoms with E-state index in [1.165, 1.54) is 24.3 Å². The lowest BCUT2D eigenvalue weighted by Gasteiger charge is -2.20. The topological polar surface area (TPSA) is 87.9 Å². The van der Waals surface area contributed by atoms with Crippen LogP contribution < -0.4 is 0 Å². The van der Waals surface area contributed by atoms with Gasteiger partial charge in [-0.3, -0.25) is 10.1 Å². The Morgan fingerprint density at radius 1 is 1.32 bits per heavy atom. The number of benzene rings is 1. The van der Waals surface area contributed by atoms with Crippen molar-refractivity contribution in [3.63, 3.8) is 0 Å². The lowest BCUT2D eigenvalue weighted by Crippen LogP contribution is -2.30. The minimum atomic E-state index is -0.506. The van der Waals surface area contributed by atoms with Gasteiger partial charge in [-0.1, -0.05) is 0 Å². The highest BCUT2D eigenvalue weighted by atomic mass is 16.7. The first-order valence-corrected chi connectivity index (χ1v) is 7.22. The molecule has 7 nitrogen and oxygen atoms in total. The number of rotatable bonds is 4. The maximum absolute atomic E-state index is 12.1. The summed E-state index contributed by atoms with van der Waals surface area (Å²) in [5.41, 5.74) is 0.245. The van der Waals surface area contributed by atoms with Gasteiger partial charge in [-0.25, -0.2) is 4.79 Å². The van der Waals surface area contributed by atoms with Crippen molar-refractivity contribution in [2.75, 3.05) is 7.11 Å². The molecule has 0 spiro atoms. The number of carbonyl (C=O) groups excluding carboxylic acids is 1. The van der Waals surface area contributed by atoms with Crippen LogP contribution in [0, 0.1) is 16.0 Å². The lowest BCUT2D eigenvalue weighted by molar-refractivity contribution is -0.384. The number of esters is 1. The van der Waals surface area contributed by atoms with Crippen LogP contribution in [0.2, 0.25) is 0 Å². The summed E-state index contributed by atoms with van der Waals surface area (Å²) in [6, 6.07) is 5.39. The Morgan fingerprint density at radius 3 is 2.68 bits per heavy atom. The molecule has 1 aliphatic carbocycles. The average molecular weight is 307 g/mol. The van der Waals surface area contributed by atoms with E-state index in [1.807, 2.05) is 0 Å². The van der Waals surface area contributed by atoms with E-state index in [1.54, 1.807) is 7.11 Å². The zero-order valence-corrected chi connectivity index (χ0v) is 12.1. The Kier molecular flexibility index (Phi) is 4.08. The fourth-order valence-electron chi connectivity index (χ4n) is 3.14. The van der Waals surface area contributed by atoms with Gasteiger partial charge >= 0.3 is 5.97 Å². The minimum Gasteiger partial charge on any atom is -0.456 e. The number of nitrogens with zero attached hydrogens (tertiary/aromatic N) is 1. The molecule has 0 N–H and O–H groups in total. The summed E-state index contributed by atoms with van der Waals surface area (Å²) in [7, 11) is 1.60. The predicted octanol–water partition coefficient (Wildman–Crippen LogP) is 2.29. The highest BCUT2D eigenvalue weighted by molar-refractivity contribution is 5.89. The quantitative estimate of drug-likeness (QED) is 0.482. The first kappa shape index (κ1) is 14.9. The Labute approximate surface area is 127 Å². The number of ether oxygens (including phenoxy) is 3. The van der Waals surface area contributed by atoms with E-state index in [0.29, 0.717) is 11.5 Å². The highest BCUT2D eigenvalue weighted by Crippen LogP contribution is 2.40. The summed E-state index contributed by atoms with van der Waals surface area (Å²) in [5.74, 6) is -0.121. The molecule has 3 rings (SSSR count). The van der Waals surface area contributed by atoms with E-state index in [4.69, 9.17) is 14.2 Å². The molecule has 4 atom stereocenters. The van der Waals surface area contributed by atoms with Crippen molar-refractivity contribution in [2.24, 2.45) is 5.92 Å². The molecule has 1 saturated heterocycles. The molecular formula is C15H17NO6. The summed E-state index contributed by atoms with van der Waals surface area (Å²) >= 11 is 0. The summed E-state index contributed by atoms with van der Waals surface area (Å²) in [4.78, 5) is 22.2. The maximum Gasteiger partial charge on any atom is 0.338 e. The standard InChI is InChI=1S/C15H17NO6/c1-20-13-8-10-4-7-12(14(10)22-13)21-15(17)9-2-5-11(6-3-9)16(18)19/h2-3,5-6,10,12-14H,4,7-8H2,1H3. The van der Waals surface area contributed by atoms with E-state index in [9.17, 15) is 14.9 Å². The number of fused-ring (bicyclic) bond motifs is 1. The molecule has 0 bridgehead atoms. The van der Waals surface area contributed by atoms with E-state index in [-0.39, 0.29) is 24.2 Å². The van der Waals surface area contributed by atoms with Crippen molar-refractivity contribution in [1.82, 2.24) is 0 Å². The molecule has 7 heteroatoms.